The van der Waals surface area contributed by atoms with Crippen LogP contribution >= 0.6 is 24.0 Å². The summed E-state index contributed by atoms with van der Waals surface area (Å²) in [6, 6.07) is 11.9. The van der Waals surface area contributed by atoms with Crippen molar-refractivity contribution in [3.63, 3.8) is 0 Å². The number of carbonyl (C=O) groups excluding carboxylic acids is 1. The van der Waals surface area contributed by atoms with E-state index in [1.807, 2.05) is 60.3 Å². The summed E-state index contributed by atoms with van der Waals surface area (Å²) in [5, 5.41) is 0. The topological polar surface area (TPSA) is 28.5 Å². The molecule has 1 aliphatic rings. The molecular weight excluding hydrogens is 350 g/mol. The maximum atomic E-state index is 12.8. The predicted molar refractivity (Wildman–Crippen MR) is 111 cm³/mol. The van der Waals surface area contributed by atoms with E-state index in [0.29, 0.717) is 9.23 Å². The first-order chi connectivity index (χ1) is 12.0. The quantitative estimate of drug-likeness (QED) is 0.579. The Kier molecular flexibility index (Phi) is 5.30. The number of benzene rings is 1. The van der Waals surface area contributed by atoms with E-state index in [0.717, 1.165) is 30.2 Å². The Labute approximate surface area is 158 Å². The maximum Gasteiger partial charge on any atom is 0.270 e. The van der Waals surface area contributed by atoms with Gasteiger partial charge in [0.15, 0.2) is 4.32 Å². The normalized spacial score (nSPS) is 16.1. The van der Waals surface area contributed by atoms with Crippen LogP contribution in [0.4, 0.5) is 11.4 Å². The van der Waals surface area contributed by atoms with Gasteiger partial charge in [-0.25, -0.2) is 0 Å². The molecule has 1 amide bonds. The van der Waals surface area contributed by atoms with Gasteiger partial charge in [-0.15, -0.1) is 0 Å². The number of thioether (sulfide) groups is 1. The summed E-state index contributed by atoms with van der Waals surface area (Å²) in [4.78, 5) is 17.3. The van der Waals surface area contributed by atoms with Crippen molar-refractivity contribution in [2.45, 2.75) is 13.8 Å². The van der Waals surface area contributed by atoms with Gasteiger partial charge in [-0.3, -0.25) is 9.69 Å². The summed E-state index contributed by atoms with van der Waals surface area (Å²) in [5.74, 6) is -0.0632. The van der Waals surface area contributed by atoms with Crippen molar-refractivity contribution in [2.75, 3.05) is 22.9 Å². The third kappa shape index (κ3) is 3.50. The number of carbonyl (C=O) groups is 1. The molecule has 130 valence electrons. The van der Waals surface area contributed by atoms with E-state index in [1.54, 1.807) is 4.90 Å². The van der Waals surface area contributed by atoms with Crippen molar-refractivity contribution in [1.29, 1.82) is 0 Å². The van der Waals surface area contributed by atoms with Crippen molar-refractivity contribution in [2.24, 2.45) is 7.05 Å². The Hall–Kier alpha value is -2.05. The Morgan fingerprint density at radius 1 is 1.16 bits per heavy atom. The molecule has 0 saturated carbocycles. The van der Waals surface area contributed by atoms with Crippen molar-refractivity contribution in [3.05, 3.63) is 53.2 Å². The number of hydrogen-bond donors (Lipinski definition) is 0. The minimum atomic E-state index is -0.0632. The van der Waals surface area contributed by atoms with E-state index in [9.17, 15) is 4.79 Å². The highest BCUT2D eigenvalue weighted by molar-refractivity contribution is 8.27. The molecule has 0 N–H and O–H groups in total. The number of amides is 1. The Morgan fingerprint density at radius 2 is 1.84 bits per heavy atom. The van der Waals surface area contributed by atoms with Gasteiger partial charge < -0.3 is 9.47 Å². The molecule has 4 nitrogen and oxygen atoms in total. The lowest BCUT2D eigenvalue weighted by Gasteiger charge is -2.22. The molecule has 3 rings (SSSR count). The third-order valence-electron chi connectivity index (χ3n) is 4.29. The van der Waals surface area contributed by atoms with E-state index in [4.69, 9.17) is 12.2 Å². The van der Waals surface area contributed by atoms with Gasteiger partial charge in [0.25, 0.3) is 5.91 Å². The van der Waals surface area contributed by atoms with E-state index in [2.05, 4.69) is 18.7 Å². The van der Waals surface area contributed by atoms with Crippen LogP contribution in [0, 0.1) is 0 Å². The Balaban J connectivity index is 1.86. The van der Waals surface area contributed by atoms with Crippen LogP contribution in [-0.4, -0.2) is 27.9 Å². The number of thiocarbonyl (C=S) groups is 1. The molecule has 25 heavy (non-hydrogen) atoms. The predicted octanol–water partition coefficient (Wildman–Crippen LogP) is 4.28. The zero-order valence-electron chi connectivity index (χ0n) is 14.6. The molecule has 6 heteroatoms. The molecule has 2 heterocycles. The van der Waals surface area contributed by atoms with Gasteiger partial charge in [0.05, 0.1) is 10.6 Å². The average molecular weight is 372 g/mol. The second-order valence-corrected chi connectivity index (χ2v) is 7.43. The minimum absolute atomic E-state index is 0.0632. The molecule has 0 radical (unpaired) electrons. The monoisotopic (exact) mass is 371 g/mol. The van der Waals surface area contributed by atoms with Crippen LogP contribution in [0.3, 0.4) is 0 Å². The van der Waals surface area contributed by atoms with E-state index in [-0.39, 0.29) is 5.91 Å². The molecule has 1 saturated heterocycles. The summed E-state index contributed by atoms with van der Waals surface area (Å²) in [6.07, 6.45) is 3.85. The van der Waals surface area contributed by atoms with Crippen molar-refractivity contribution in [3.8, 4) is 0 Å². The zero-order chi connectivity index (χ0) is 18.0. The zero-order valence-corrected chi connectivity index (χ0v) is 16.2. The fourth-order valence-electron chi connectivity index (χ4n) is 2.85. The molecule has 0 atom stereocenters. The lowest BCUT2D eigenvalue weighted by molar-refractivity contribution is -0.113. The third-order valence-corrected chi connectivity index (χ3v) is 5.60. The first-order valence-electron chi connectivity index (χ1n) is 8.29. The standard InChI is InChI=1S/C19H21N3OS2/c1-4-21(5-2)14-8-10-15(11-9-14)22-18(23)17(25-19(22)24)13-16-7-6-12-20(16)3/h6-13H,4-5H2,1-3H3. The maximum absolute atomic E-state index is 12.8. The highest BCUT2D eigenvalue weighted by Crippen LogP contribution is 2.36. The molecule has 0 bridgehead atoms. The van der Waals surface area contributed by atoms with Gasteiger partial charge >= 0.3 is 0 Å². The van der Waals surface area contributed by atoms with E-state index >= 15 is 0 Å². The largest absolute Gasteiger partial charge is 0.372 e. The van der Waals surface area contributed by atoms with Crippen LogP contribution < -0.4 is 9.80 Å². The summed E-state index contributed by atoms with van der Waals surface area (Å²) >= 11 is 6.79. The summed E-state index contributed by atoms with van der Waals surface area (Å²) in [6.45, 7) is 6.17. The molecule has 1 aliphatic heterocycles. The van der Waals surface area contributed by atoms with Crippen LogP contribution in [0.1, 0.15) is 19.5 Å². The number of hydrogen-bond acceptors (Lipinski definition) is 4. The SMILES string of the molecule is CCN(CC)c1ccc(N2C(=O)C(=Cc3cccn3C)SC2=S)cc1. The van der Waals surface area contributed by atoms with E-state index < -0.39 is 0 Å². The summed E-state index contributed by atoms with van der Waals surface area (Å²) < 4.78 is 2.55. The lowest BCUT2D eigenvalue weighted by Crippen LogP contribution is -2.27. The number of aryl methyl sites for hydroxylation is 1. The number of aromatic nitrogens is 1. The number of anilines is 2. The van der Waals surface area contributed by atoms with Crippen LogP contribution in [0.5, 0.6) is 0 Å². The van der Waals surface area contributed by atoms with Crippen molar-refractivity contribution >= 4 is 51.7 Å². The molecular formula is C19H21N3OS2. The minimum Gasteiger partial charge on any atom is -0.372 e. The fourth-order valence-corrected chi connectivity index (χ4v) is 4.13. The summed E-state index contributed by atoms with van der Waals surface area (Å²) in [5.41, 5.74) is 2.95. The van der Waals surface area contributed by atoms with Gasteiger partial charge in [-0.05, 0) is 56.3 Å². The first-order valence-corrected chi connectivity index (χ1v) is 9.52. The highest BCUT2D eigenvalue weighted by Gasteiger charge is 2.33. The van der Waals surface area contributed by atoms with Gasteiger partial charge in [-0.2, -0.15) is 0 Å². The smallest absolute Gasteiger partial charge is 0.270 e. The molecule has 1 aromatic heterocycles. The van der Waals surface area contributed by atoms with Crippen LogP contribution in [-0.2, 0) is 11.8 Å². The molecule has 1 fully saturated rings. The molecule has 1 aromatic carbocycles. The van der Waals surface area contributed by atoms with Gasteiger partial charge in [-0.1, -0.05) is 24.0 Å². The second-order valence-electron chi connectivity index (χ2n) is 5.75. The molecule has 2 aromatic rings. The van der Waals surface area contributed by atoms with Crippen LogP contribution in [0.25, 0.3) is 6.08 Å². The number of nitrogens with zero attached hydrogens (tertiary/aromatic N) is 3. The second kappa shape index (κ2) is 7.45. The van der Waals surface area contributed by atoms with Gasteiger partial charge in [0.2, 0.25) is 0 Å². The van der Waals surface area contributed by atoms with Crippen molar-refractivity contribution in [1.82, 2.24) is 4.57 Å². The Morgan fingerprint density at radius 3 is 2.40 bits per heavy atom. The Bertz CT molecular complexity index is 819. The van der Waals surface area contributed by atoms with Crippen LogP contribution in [0.15, 0.2) is 47.5 Å². The highest BCUT2D eigenvalue weighted by atomic mass is 32.2. The average Bonchev–Trinajstić information content (AvgIpc) is 3.13. The number of rotatable bonds is 5. The molecule has 0 unspecified atom stereocenters. The van der Waals surface area contributed by atoms with Gasteiger partial charge in [0.1, 0.15) is 0 Å². The van der Waals surface area contributed by atoms with E-state index in [1.165, 1.54) is 11.8 Å². The van der Waals surface area contributed by atoms with Crippen LogP contribution in [0.2, 0.25) is 0 Å². The molecule has 0 spiro atoms. The molecule has 0 aliphatic carbocycles. The first kappa shape index (κ1) is 17.8. The fraction of sp³-hybridized carbons (Fsp3) is 0.263. The van der Waals surface area contributed by atoms with Crippen molar-refractivity contribution < 1.29 is 4.79 Å². The summed E-state index contributed by atoms with van der Waals surface area (Å²) in [7, 11) is 1.96. The lowest BCUT2D eigenvalue weighted by atomic mass is 10.2. The van der Waals surface area contributed by atoms with Gasteiger partial charge in [0, 0.05) is 37.7 Å².